The molecule has 1 aromatic heterocycles. The number of likely N-dealkylation sites (tertiary alicyclic amines) is 1. The Bertz CT molecular complexity index is 495. The topological polar surface area (TPSA) is 50.3 Å². The Labute approximate surface area is 121 Å². The van der Waals surface area contributed by atoms with Gasteiger partial charge >= 0.3 is 0 Å². The number of hydrogen-bond acceptors (Lipinski definition) is 4. The molecule has 0 aromatic carbocycles. The van der Waals surface area contributed by atoms with E-state index in [0.717, 1.165) is 5.69 Å². The van der Waals surface area contributed by atoms with Crippen LogP contribution in [0, 0.1) is 5.92 Å². The summed E-state index contributed by atoms with van der Waals surface area (Å²) in [5.74, 6) is 1.08. The maximum absolute atomic E-state index is 11.9. The Hall–Kier alpha value is -1.07. The van der Waals surface area contributed by atoms with Crippen LogP contribution in [0.25, 0.3) is 0 Å². The second-order valence-electron chi connectivity index (χ2n) is 4.61. The molecule has 0 aliphatic carbocycles. The summed E-state index contributed by atoms with van der Waals surface area (Å²) in [4.78, 5) is 28.8. The van der Waals surface area contributed by atoms with E-state index >= 15 is 0 Å². The molecule has 1 aliphatic heterocycles. The summed E-state index contributed by atoms with van der Waals surface area (Å²) in [6, 6.07) is 3.48. The van der Waals surface area contributed by atoms with Gasteiger partial charge in [-0.25, -0.2) is 0 Å². The van der Waals surface area contributed by atoms with Crippen molar-refractivity contribution in [1.82, 2.24) is 9.88 Å². The fourth-order valence-electron chi connectivity index (χ4n) is 2.08. The maximum atomic E-state index is 11.9. The molecule has 0 bridgehead atoms. The first kappa shape index (κ1) is 14.3. The number of hydrogen-bond donors (Lipinski definition) is 0. The molecular weight excluding hydrogens is 284 g/mol. The van der Waals surface area contributed by atoms with Crippen molar-refractivity contribution in [2.24, 2.45) is 5.92 Å². The summed E-state index contributed by atoms with van der Waals surface area (Å²) in [5.41, 5.74) is 0.792. The van der Waals surface area contributed by atoms with Crippen molar-refractivity contribution in [3.05, 3.63) is 29.0 Å². The Morgan fingerprint density at radius 3 is 3.11 bits per heavy atom. The van der Waals surface area contributed by atoms with Crippen LogP contribution < -0.4 is 0 Å². The normalized spacial score (nSPS) is 18.9. The second-order valence-corrected chi connectivity index (χ2v) is 6.25. The molecule has 0 N–H and O–H groups in total. The third-order valence-electron chi connectivity index (χ3n) is 2.95. The molecule has 1 amide bonds. The monoisotopic (exact) mass is 298 g/mol. The number of amides is 1. The van der Waals surface area contributed by atoms with E-state index in [0.29, 0.717) is 30.3 Å². The number of aromatic nitrogens is 1. The molecule has 1 atom stereocenters. The largest absolute Gasteiger partial charge is 0.336 e. The van der Waals surface area contributed by atoms with Gasteiger partial charge in [-0.05, 0) is 18.1 Å². The van der Waals surface area contributed by atoms with E-state index in [1.807, 2.05) is 0 Å². The SMILES string of the molecule is CC(=O)SCC1CC(=O)N(Cc2cc(Cl)ccn2)C1. The van der Waals surface area contributed by atoms with Crippen LogP contribution in [-0.4, -0.2) is 33.2 Å². The quantitative estimate of drug-likeness (QED) is 0.856. The third kappa shape index (κ3) is 4.21. The number of carbonyl (C=O) groups is 2. The van der Waals surface area contributed by atoms with Gasteiger partial charge in [0.1, 0.15) is 0 Å². The number of carbonyl (C=O) groups excluding carboxylic acids is 2. The summed E-state index contributed by atoms with van der Waals surface area (Å²) in [6.45, 7) is 2.73. The second kappa shape index (κ2) is 6.39. The van der Waals surface area contributed by atoms with Crippen molar-refractivity contribution < 1.29 is 9.59 Å². The first-order chi connectivity index (χ1) is 9.04. The summed E-state index contributed by atoms with van der Waals surface area (Å²) in [6.07, 6.45) is 2.15. The van der Waals surface area contributed by atoms with Gasteiger partial charge in [0, 0.05) is 36.9 Å². The third-order valence-corrected chi connectivity index (χ3v) is 4.23. The van der Waals surface area contributed by atoms with Crippen LogP contribution in [0.4, 0.5) is 0 Å². The van der Waals surface area contributed by atoms with E-state index in [1.54, 1.807) is 30.2 Å². The zero-order valence-electron chi connectivity index (χ0n) is 10.6. The summed E-state index contributed by atoms with van der Waals surface area (Å²) < 4.78 is 0. The average molecular weight is 299 g/mol. The van der Waals surface area contributed by atoms with Gasteiger partial charge in [0.05, 0.1) is 12.2 Å². The van der Waals surface area contributed by atoms with E-state index in [4.69, 9.17) is 11.6 Å². The number of rotatable bonds is 4. The zero-order chi connectivity index (χ0) is 13.8. The molecule has 1 fully saturated rings. The van der Waals surface area contributed by atoms with Crippen LogP contribution in [0.15, 0.2) is 18.3 Å². The molecule has 0 spiro atoms. The van der Waals surface area contributed by atoms with Crippen LogP contribution in [0.5, 0.6) is 0 Å². The first-order valence-corrected chi connectivity index (χ1v) is 7.42. The molecule has 19 heavy (non-hydrogen) atoms. The molecular formula is C13H15ClN2O2S. The van der Waals surface area contributed by atoms with Crippen molar-refractivity contribution in [1.29, 1.82) is 0 Å². The highest BCUT2D eigenvalue weighted by Gasteiger charge is 2.29. The molecule has 1 aromatic rings. The molecule has 2 heterocycles. The van der Waals surface area contributed by atoms with Crippen LogP contribution in [-0.2, 0) is 16.1 Å². The lowest BCUT2D eigenvalue weighted by Gasteiger charge is -2.16. The van der Waals surface area contributed by atoms with Crippen LogP contribution in [0.2, 0.25) is 5.02 Å². The molecule has 1 aliphatic rings. The van der Waals surface area contributed by atoms with Crippen molar-refractivity contribution in [3.63, 3.8) is 0 Å². The minimum absolute atomic E-state index is 0.0995. The van der Waals surface area contributed by atoms with E-state index in [9.17, 15) is 9.59 Å². The van der Waals surface area contributed by atoms with Gasteiger partial charge in [-0.3, -0.25) is 14.6 Å². The van der Waals surface area contributed by atoms with Crippen molar-refractivity contribution in [2.45, 2.75) is 19.9 Å². The van der Waals surface area contributed by atoms with Crippen LogP contribution >= 0.6 is 23.4 Å². The van der Waals surface area contributed by atoms with Gasteiger partial charge in [-0.1, -0.05) is 23.4 Å². The summed E-state index contributed by atoms with van der Waals surface area (Å²) in [5, 5.41) is 0.725. The Morgan fingerprint density at radius 1 is 1.63 bits per heavy atom. The zero-order valence-corrected chi connectivity index (χ0v) is 12.2. The minimum Gasteiger partial charge on any atom is -0.336 e. The van der Waals surface area contributed by atoms with Gasteiger partial charge in [0.2, 0.25) is 5.91 Å². The summed E-state index contributed by atoms with van der Waals surface area (Å²) in [7, 11) is 0. The van der Waals surface area contributed by atoms with Crippen molar-refractivity contribution in [3.8, 4) is 0 Å². The highest BCUT2D eigenvalue weighted by atomic mass is 35.5. The van der Waals surface area contributed by atoms with Gasteiger partial charge in [0.25, 0.3) is 0 Å². The van der Waals surface area contributed by atoms with E-state index in [2.05, 4.69) is 4.98 Å². The molecule has 0 saturated carbocycles. The fraction of sp³-hybridized carbons (Fsp3) is 0.462. The number of thioether (sulfide) groups is 1. The van der Waals surface area contributed by atoms with Crippen molar-refractivity contribution >= 4 is 34.4 Å². The average Bonchev–Trinajstić information content (AvgIpc) is 2.68. The number of nitrogens with zero attached hydrogens (tertiary/aromatic N) is 2. The fourth-order valence-corrected chi connectivity index (χ4v) is 2.96. The highest BCUT2D eigenvalue weighted by Crippen LogP contribution is 2.23. The molecule has 0 radical (unpaired) electrons. The predicted molar refractivity (Wildman–Crippen MR) is 75.9 cm³/mol. The lowest BCUT2D eigenvalue weighted by atomic mass is 10.1. The van der Waals surface area contributed by atoms with Gasteiger partial charge in [-0.15, -0.1) is 0 Å². The van der Waals surface area contributed by atoms with Gasteiger partial charge in [-0.2, -0.15) is 0 Å². The molecule has 2 rings (SSSR count). The van der Waals surface area contributed by atoms with Gasteiger partial charge in [0.15, 0.2) is 5.12 Å². The predicted octanol–water partition coefficient (Wildman–Crippen LogP) is 2.36. The van der Waals surface area contributed by atoms with E-state index in [-0.39, 0.29) is 16.9 Å². The molecule has 6 heteroatoms. The lowest BCUT2D eigenvalue weighted by molar-refractivity contribution is -0.128. The molecule has 1 unspecified atom stereocenters. The standard InChI is InChI=1S/C13H15ClN2O2S/c1-9(17)19-8-10-4-13(18)16(6-10)7-12-5-11(14)2-3-15-12/h2-3,5,10H,4,6-8H2,1H3. The number of pyridine rings is 1. The molecule has 102 valence electrons. The molecule has 4 nitrogen and oxygen atoms in total. The van der Waals surface area contributed by atoms with Gasteiger partial charge < -0.3 is 4.90 Å². The van der Waals surface area contributed by atoms with E-state index in [1.165, 1.54) is 11.8 Å². The minimum atomic E-state index is 0.0995. The Morgan fingerprint density at radius 2 is 2.42 bits per heavy atom. The Balaban J connectivity index is 1.91. The highest BCUT2D eigenvalue weighted by molar-refractivity contribution is 8.13. The van der Waals surface area contributed by atoms with E-state index < -0.39 is 0 Å². The van der Waals surface area contributed by atoms with Crippen molar-refractivity contribution in [2.75, 3.05) is 12.3 Å². The number of halogens is 1. The smallest absolute Gasteiger partial charge is 0.223 e. The van der Waals surface area contributed by atoms with Crippen LogP contribution in [0.1, 0.15) is 19.0 Å². The summed E-state index contributed by atoms with van der Waals surface area (Å²) >= 11 is 7.18. The molecule has 1 saturated heterocycles. The first-order valence-electron chi connectivity index (χ1n) is 6.06. The Kier molecular flexibility index (Phi) is 4.82. The maximum Gasteiger partial charge on any atom is 0.223 e. The van der Waals surface area contributed by atoms with Crippen LogP contribution in [0.3, 0.4) is 0 Å². The lowest BCUT2D eigenvalue weighted by Crippen LogP contribution is -2.25.